The molecule has 6 rings (SSSR count). The number of H-pyrrole nitrogens is 2. The zero-order chi connectivity index (χ0) is 25.4. The van der Waals surface area contributed by atoms with Crippen LogP contribution in [0.5, 0.6) is 0 Å². The Morgan fingerprint density at radius 3 is 2.97 bits per heavy atom. The molecule has 0 spiro atoms. The zero-order valence-electron chi connectivity index (χ0n) is 22.5. The molecule has 1 saturated carbocycles. The van der Waals surface area contributed by atoms with Gasteiger partial charge < -0.3 is 14.6 Å². The predicted molar refractivity (Wildman–Crippen MR) is 128 cm³/mol. The van der Waals surface area contributed by atoms with Gasteiger partial charge in [-0.3, -0.25) is 9.89 Å². The van der Waals surface area contributed by atoms with Crippen molar-refractivity contribution in [1.82, 2.24) is 20.2 Å². The van der Waals surface area contributed by atoms with E-state index < -0.39 is 12.9 Å². The molecule has 0 radical (unpaired) electrons. The van der Waals surface area contributed by atoms with Crippen molar-refractivity contribution >= 4 is 22.6 Å². The molecule has 7 nitrogen and oxygen atoms in total. The van der Waals surface area contributed by atoms with Gasteiger partial charge in [-0.1, -0.05) is 13.8 Å². The largest absolute Gasteiger partial charge is 0.381 e. The Balaban J connectivity index is 1.36. The molecule has 3 heterocycles. The average Bonchev–Trinajstić information content (AvgIpc) is 3.11. The summed E-state index contributed by atoms with van der Waals surface area (Å²) in [6.07, 6.45) is 4.80. The standard InChI is InChI=1S/C26H33N5O2/c1-14-9-19-20(11-22(14)31(4)25(32)15(2)16-5-7-33-8-6-16)28-24(27-19)23-18-10-17-12-26(17,3)13-21(18)29-30-23/h9,11,15-17H,5-8,10,12-13H2,1-4H3,(H,27,28)(H,29,30)/t15?,17-,26-/m1/s1/i4+1D3. The number of aromatic amines is 2. The molecule has 3 aromatic rings. The normalized spacial score (nSPS) is 27.2. The molecule has 174 valence electrons. The second-order valence-corrected chi connectivity index (χ2v) is 10.6. The molecular formula is C26H33N5O2. The molecule has 33 heavy (non-hydrogen) atoms. The summed E-state index contributed by atoms with van der Waals surface area (Å²) in [6, 6.07) is 3.60. The van der Waals surface area contributed by atoms with Gasteiger partial charge in [0.1, 0.15) is 5.69 Å². The Bertz CT molecular complexity index is 1340. The molecule has 7 heteroatoms. The maximum absolute atomic E-state index is 13.6. The smallest absolute Gasteiger partial charge is 0.229 e. The number of carbonyl (C=O) groups excluding carboxylic acids is 1. The molecule has 0 bridgehead atoms. The summed E-state index contributed by atoms with van der Waals surface area (Å²) in [7, 11) is 0. The van der Waals surface area contributed by atoms with Crippen molar-refractivity contribution in [2.75, 3.05) is 25.1 Å². The molecule has 1 amide bonds. The zero-order valence-corrected chi connectivity index (χ0v) is 19.5. The molecule has 1 unspecified atom stereocenters. The highest BCUT2D eigenvalue weighted by Gasteiger charge is 2.53. The van der Waals surface area contributed by atoms with Crippen LogP contribution < -0.4 is 4.90 Å². The maximum atomic E-state index is 13.6. The minimum absolute atomic E-state index is 0.108. The summed E-state index contributed by atoms with van der Waals surface area (Å²) in [5.74, 6) is 0.690. The number of carbonyl (C=O) groups is 1. The Morgan fingerprint density at radius 1 is 1.36 bits per heavy atom. The molecule has 1 aliphatic heterocycles. The van der Waals surface area contributed by atoms with Gasteiger partial charge in [-0.05, 0) is 74.0 Å². The number of imidazole rings is 1. The number of nitrogens with one attached hydrogen (secondary N) is 2. The lowest BCUT2D eigenvalue weighted by molar-refractivity contribution is -0.124. The molecule has 2 aromatic heterocycles. The second-order valence-electron chi connectivity index (χ2n) is 10.6. The number of hydrogen-bond donors (Lipinski definition) is 2. The first-order chi connectivity index (χ1) is 17.0. The molecule has 1 aromatic carbocycles. The fourth-order valence-electron chi connectivity index (χ4n) is 5.90. The molecule has 2 aliphatic carbocycles. The van der Waals surface area contributed by atoms with Gasteiger partial charge in [0.05, 0.1) is 11.0 Å². The quantitative estimate of drug-likeness (QED) is 0.575. The van der Waals surface area contributed by atoms with Gasteiger partial charge in [-0.25, -0.2) is 4.98 Å². The van der Waals surface area contributed by atoms with Crippen LogP contribution in [0.1, 0.15) is 54.0 Å². The monoisotopic (exact) mass is 451 g/mol. The SMILES string of the molecule is [2H][13C]([2H])([2H])N(C(=O)C(C)C1CCOCC1)c1cc2nc(-c3n[nH]c4c3C[C@@H]3C[C@]3(C)C4)[nH]c2cc1C. The van der Waals surface area contributed by atoms with Gasteiger partial charge in [-0.15, -0.1) is 0 Å². The van der Waals surface area contributed by atoms with Crippen LogP contribution in [0.15, 0.2) is 12.1 Å². The Labute approximate surface area is 198 Å². The lowest BCUT2D eigenvalue weighted by Crippen LogP contribution is -2.37. The molecular weight excluding hydrogens is 415 g/mol. The van der Waals surface area contributed by atoms with Crippen molar-refractivity contribution in [3.05, 3.63) is 29.0 Å². The first-order valence-electron chi connectivity index (χ1n) is 13.5. The number of amides is 1. The number of anilines is 1. The van der Waals surface area contributed by atoms with Crippen LogP contribution in [-0.2, 0) is 22.4 Å². The topological polar surface area (TPSA) is 86.9 Å². The van der Waals surface area contributed by atoms with E-state index in [0.29, 0.717) is 47.1 Å². The van der Waals surface area contributed by atoms with Crippen molar-refractivity contribution in [3.8, 4) is 11.5 Å². The van der Waals surface area contributed by atoms with E-state index in [1.54, 1.807) is 6.07 Å². The van der Waals surface area contributed by atoms with Crippen LogP contribution in [0.4, 0.5) is 5.69 Å². The first kappa shape index (κ1) is 17.8. The summed E-state index contributed by atoms with van der Waals surface area (Å²) in [5.41, 5.74) is 6.17. The third-order valence-electron chi connectivity index (χ3n) is 8.37. The number of hydrogen-bond acceptors (Lipinski definition) is 4. The Morgan fingerprint density at radius 2 is 2.18 bits per heavy atom. The lowest BCUT2D eigenvalue weighted by Gasteiger charge is -2.30. The van der Waals surface area contributed by atoms with Gasteiger partial charge in [0, 0.05) is 47.2 Å². The highest BCUT2D eigenvalue weighted by Crippen LogP contribution is 2.59. The second kappa shape index (κ2) is 7.42. The Hall–Kier alpha value is -2.67. The minimum atomic E-state index is -2.60. The fraction of sp³-hybridized carbons (Fsp3) is 0.577. The minimum Gasteiger partial charge on any atom is -0.381 e. The van der Waals surface area contributed by atoms with E-state index in [2.05, 4.69) is 22.1 Å². The Kier molecular flexibility index (Phi) is 3.99. The van der Waals surface area contributed by atoms with Crippen LogP contribution in [0.2, 0.25) is 0 Å². The number of aryl methyl sites for hydroxylation is 1. The summed E-state index contributed by atoms with van der Waals surface area (Å²) < 4.78 is 30.0. The van der Waals surface area contributed by atoms with Gasteiger partial charge in [0.15, 0.2) is 5.82 Å². The number of rotatable bonds is 4. The third-order valence-corrected chi connectivity index (χ3v) is 8.37. The molecule has 2 N–H and O–H groups in total. The van der Waals surface area contributed by atoms with Gasteiger partial charge in [0.2, 0.25) is 5.91 Å². The molecule has 1 saturated heterocycles. The number of ether oxygens (including phenoxy) is 1. The van der Waals surface area contributed by atoms with E-state index in [1.807, 2.05) is 19.9 Å². The van der Waals surface area contributed by atoms with Gasteiger partial charge in [-0.2, -0.15) is 5.10 Å². The van der Waals surface area contributed by atoms with Gasteiger partial charge >= 0.3 is 0 Å². The molecule has 2 fully saturated rings. The van der Waals surface area contributed by atoms with Crippen molar-refractivity contribution in [3.63, 3.8) is 0 Å². The van der Waals surface area contributed by atoms with E-state index in [4.69, 9.17) is 13.8 Å². The summed E-state index contributed by atoms with van der Waals surface area (Å²) >= 11 is 0. The van der Waals surface area contributed by atoms with Crippen LogP contribution in [0.25, 0.3) is 22.6 Å². The summed E-state index contributed by atoms with van der Waals surface area (Å²) in [4.78, 5) is 22.8. The van der Waals surface area contributed by atoms with Crippen LogP contribution >= 0.6 is 0 Å². The number of benzene rings is 1. The van der Waals surface area contributed by atoms with Crippen molar-refractivity contribution < 1.29 is 13.6 Å². The average molecular weight is 452 g/mol. The van der Waals surface area contributed by atoms with Crippen molar-refractivity contribution in [2.45, 2.75) is 52.9 Å². The van der Waals surface area contributed by atoms with Crippen LogP contribution in [0, 0.1) is 30.1 Å². The summed E-state index contributed by atoms with van der Waals surface area (Å²) in [6.45, 7) is 4.62. The molecule has 3 atom stereocenters. The van der Waals surface area contributed by atoms with E-state index in [1.165, 1.54) is 17.7 Å². The molecule has 3 aliphatic rings. The highest BCUT2D eigenvalue weighted by atomic mass is 16.5. The number of fused-ring (bicyclic) bond motifs is 3. The fourth-order valence-corrected chi connectivity index (χ4v) is 5.90. The van der Waals surface area contributed by atoms with Crippen molar-refractivity contribution in [1.29, 1.82) is 0 Å². The van der Waals surface area contributed by atoms with Crippen LogP contribution in [-0.4, -0.2) is 46.3 Å². The van der Waals surface area contributed by atoms with E-state index >= 15 is 0 Å². The lowest BCUT2D eigenvalue weighted by atomic mass is 9.86. The highest BCUT2D eigenvalue weighted by molar-refractivity contribution is 5.97. The first-order valence-corrected chi connectivity index (χ1v) is 12.0. The third kappa shape index (κ3) is 3.39. The van der Waals surface area contributed by atoms with Crippen LogP contribution in [0.3, 0.4) is 0 Å². The number of nitrogens with zero attached hydrogens (tertiary/aromatic N) is 3. The van der Waals surface area contributed by atoms with E-state index in [-0.39, 0.29) is 11.8 Å². The van der Waals surface area contributed by atoms with Crippen molar-refractivity contribution in [2.24, 2.45) is 23.2 Å². The summed E-state index contributed by atoms with van der Waals surface area (Å²) in [5, 5.41) is 7.81. The van der Waals surface area contributed by atoms with E-state index in [9.17, 15) is 4.79 Å². The van der Waals surface area contributed by atoms with Gasteiger partial charge in [0.25, 0.3) is 0 Å². The van der Waals surface area contributed by atoms with E-state index in [0.717, 1.165) is 41.8 Å². The number of aromatic nitrogens is 4. The maximum Gasteiger partial charge on any atom is 0.229 e. The predicted octanol–water partition coefficient (Wildman–Crippen LogP) is 4.41.